The van der Waals surface area contributed by atoms with E-state index in [9.17, 15) is 0 Å². The summed E-state index contributed by atoms with van der Waals surface area (Å²) in [6, 6.07) is 3.49. The standard InChI is InChI=1S/C10H11ClN4O/c1-6-2-8(16-15-6)5-14-10-9(11)3-7(12)4-13-10/h2-4H,5,12H2,1H3,(H,13,14). The summed E-state index contributed by atoms with van der Waals surface area (Å²) in [4.78, 5) is 4.07. The molecular weight excluding hydrogens is 228 g/mol. The number of nitrogens with two attached hydrogens (primary N) is 1. The number of anilines is 2. The Morgan fingerprint density at radius 3 is 2.94 bits per heavy atom. The summed E-state index contributed by atoms with van der Waals surface area (Å²) in [6.45, 7) is 2.35. The average Bonchev–Trinajstić information content (AvgIpc) is 2.63. The van der Waals surface area contributed by atoms with E-state index in [2.05, 4.69) is 15.5 Å². The molecule has 16 heavy (non-hydrogen) atoms. The maximum Gasteiger partial charge on any atom is 0.156 e. The molecule has 2 heterocycles. The molecule has 0 amide bonds. The van der Waals surface area contributed by atoms with Crippen molar-refractivity contribution in [3.63, 3.8) is 0 Å². The molecule has 0 radical (unpaired) electrons. The van der Waals surface area contributed by atoms with Gasteiger partial charge in [0.1, 0.15) is 5.82 Å². The Morgan fingerprint density at radius 2 is 2.31 bits per heavy atom. The van der Waals surface area contributed by atoms with Crippen molar-refractivity contribution in [1.82, 2.24) is 10.1 Å². The largest absolute Gasteiger partial charge is 0.397 e. The van der Waals surface area contributed by atoms with Crippen LogP contribution in [-0.4, -0.2) is 10.1 Å². The number of rotatable bonds is 3. The van der Waals surface area contributed by atoms with Crippen LogP contribution in [0, 0.1) is 6.92 Å². The topological polar surface area (TPSA) is 77.0 Å². The Bertz CT molecular complexity index is 497. The zero-order chi connectivity index (χ0) is 11.5. The number of halogens is 1. The van der Waals surface area contributed by atoms with Gasteiger partial charge in [0, 0.05) is 6.07 Å². The van der Waals surface area contributed by atoms with Gasteiger partial charge in [0.2, 0.25) is 0 Å². The smallest absolute Gasteiger partial charge is 0.156 e. The highest BCUT2D eigenvalue weighted by molar-refractivity contribution is 6.33. The molecule has 0 spiro atoms. The van der Waals surface area contributed by atoms with Gasteiger partial charge in [0.25, 0.3) is 0 Å². The summed E-state index contributed by atoms with van der Waals surface area (Å²) >= 11 is 5.95. The van der Waals surface area contributed by atoms with Crippen molar-refractivity contribution in [2.45, 2.75) is 13.5 Å². The molecule has 3 N–H and O–H groups in total. The normalized spacial score (nSPS) is 10.4. The second-order valence-corrected chi connectivity index (χ2v) is 3.79. The molecular formula is C10H11ClN4O. The maximum absolute atomic E-state index is 5.95. The number of aromatic nitrogens is 2. The van der Waals surface area contributed by atoms with Crippen LogP contribution < -0.4 is 11.1 Å². The summed E-state index contributed by atoms with van der Waals surface area (Å²) < 4.78 is 5.04. The van der Waals surface area contributed by atoms with Crippen LogP contribution in [-0.2, 0) is 6.54 Å². The Balaban J connectivity index is 2.04. The molecule has 0 bridgehead atoms. The van der Waals surface area contributed by atoms with Crippen LogP contribution in [0.25, 0.3) is 0 Å². The molecule has 2 aromatic heterocycles. The van der Waals surface area contributed by atoms with E-state index in [4.69, 9.17) is 21.9 Å². The molecule has 0 aliphatic rings. The molecule has 0 atom stereocenters. The van der Waals surface area contributed by atoms with Gasteiger partial charge in [-0.1, -0.05) is 16.8 Å². The number of nitrogens with one attached hydrogen (secondary N) is 1. The van der Waals surface area contributed by atoms with Gasteiger partial charge in [0.15, 0.2) is 5.76 Å². The molecule has 0 saturated heterocycles. The zero-order valence-electron chi connectivity index (χ0n) is 8.70. The van der Waals surface area contributed by atoms with Crippen molar-refractivity contribution in [2.75, 3.05) is 11.1 Å². The Labute approximate surface area is 97.6 Å². The molecule has 0 saturated carbocycles. The van der Waals surface area contributed by atoms with E-state index in [1.165, 1.54) is 0 Å². The number of hydrogen-bond donors (Lipinski definition) is 2. The second-order valence-electron chi connectivity index (χ2n) is 3.39. The number of aryl methyl sites for hydroxylation is 1. The van der Waals surface area contributed by atoms with Crippen LogP contribution in [0.4, 0.5) is 11.5 Å². The van der Waals surface area contributed by atoms with E-state index >= 15 is 0 Å². The Hall–Kier alpha value is -1.75. The minimum atomic E-state index is 0.483. The van der Waals surface area contributed by atoms with Crippen molar-refractivity contribution in [3.05, 3.63) is 34.8 Å². The van der Waals surface area contributed by atoms with Crippen LogP contribution >= 0.6 is 11.6 Å². The van der Waals surface area contributed by atoms with E-state index in [0.717, 1.165) is 11.5 Å². The minimum absolute atomic E-state index is 0.483. The Kier molecular flexibility index (Phi) is 2.96. The lowest BCUT2D eigenvalue weighted by atomic mass is 10.3. The first-order chi connectivity index (χ1) is 7.65. The van der Waals surface area contributed by atoms with Gasteiger partial charge >= 0.3 is 0 Å². The number of nitrogen functional groups attached to an aromatic ring is 1. The molecule has 0 unspecified atom stereocenters. The number of hydrogen-bond acceptors (Lipinski definition) is 5. The van der Waals surface area contributed by atoms with Crippen molar-refractivity contribution >= 4 is 23.1 Å². The first-order valence-corrected chi connectivity index (χ1v) is 5.10. The van der Waals surface area contributed by atoms with Crippen LogP contribution in [0.2, 0.25) is 5.02 Å². The van der Waals surface area contributed by atoms with E-state index < -0.39 is 0 Å². The van der Waals surface area contributed by atoms with Gasteiger partial charge in [-0.3, -0.25) is 0 Å². The first-order valence-electron chi connectivity index (χ1n) is 4.72. The molecule has 0 aliphatic heterocycles. The van der Waals surface area contributed by atoms with Gasteiger partial charge in [0.05, 0.1) is 29.1 Å². The summed E-state index contributed by atoms with van der Waals surface area (Å²) in [5.74, 6) is 1.30. The number of pyridine rings is 1. The van der Waals surface area contributed by atoms with Gasteiger partial charge in [-0.15, -0.1) is 0 Å². The van der Waals surface area contributed by atoms with E-state index in [0.29, 0.717) is 23.1 Å². The third kappa shape index (κ3) is 2.43. The van der Waals surface area contributed by atoms with Gasteiger partial charge in [-0.25, -0.2) is 4.98 Å². The van der Waals surface area contributed by atoms with Crippen molar-refractivity contribution < 1.29 is 4.52 Å². The molecule has 0 fully saturated rings. The highest BCUT2D eigenvalue weighted by Crippen LogP contribution is 2.21. The van der Waals surface area contributed by atoms with Gasteiger partial charge in [-0.05, 0) is 13.0 Å². The van der Waals surface area contributed by atoms with Crippen LogP contribution in [0.15, 0.2) is 22.9 Å². The fourth-order valence-corrected chi connectivity index (χ4v) is 1.49. The lowest BCUT2D eigenvalue weighted by Gasteiger charge is -2.05. The summed E-state index contributed by atoms with van der Waals surface area (Å²) in [7, 11) is 0. The van der Waals surface area contributed by atoms with E-state index in [1.54, 1.807) is 12.3 Å². The predicted octanol–water partition coefficient (Wildman–Crippen LogP) is 2.23. The highest BCUT2D eigenvalue weighted by atomic mass is 35.5. The summed E-state index contributed by atoms with van der Waals surface area (Å²) in [6.07, 6.45) is 1.54. The SMILES string of the molecule is Cc1cc(CNc2ncc(N)cc2Cl)on1. The van der Waals surface area contributed by atoms with E-state index in [-0.39, 0.29) is 0 Å². The predicted molar refractivity (Wildman–Crippen MR) is 62.2 cm³/mol. The molecule has 2 rings (SSSR count). The molecule has 5 nitrogen and oxygen atoms in total. The molecule has 2 aromatic rings. The van der Waals surface area contributed by atoms with Gasteiger partial charge < -0.3 is 15.6 Å². The lowest BCUT2D eigenvalue weighted by Crippen LogP contribution is -2.01. The number of nitrogens with zero attached hydrogens (tertiary/aromatic N) is 2. The molecule has 6 heteroatoms. The molecule has 84 valence electrons. The van der Waals surface area contributed by atoms with Crippen molar-refractivity contribution in [2.24, 2.45) is 0 Å². The lowest BCUT2D eigenvalue weighted by molar-refractivity contribution is 0.384. The van der Waals surface area contributed by atoms with Crippen molar-refractivity contribution in [3.8, 4) is 0 Å². The van der Waals surface area contributed by atoms with E-state index in [1.807, 2.05) is 13.0 Å². The second kappa shape index (κ2) is 4.40. The third-order valence-corrected chi connectivity index (χ3v) is 2.26. The Morgan fingerprint density at radius 1 is 1.50 bits per heavy atom. The monoisotopic (exact) mass is 238 g/mol. The van der Waals surface area contributed by atoms with Gasteiger partial charge in [-0.2, -0.15) is 0 Å². The summed E-state index contributed by atoms with van der Waals surface area (Å²) in [5.41, 5.74) is 6.91. The zero-order valence-corrected chi connectivity index (χ0v) is 9.45. The molecule has 0 aromatic carbocycles. The van der Waals surface area contributed by atoms with Crippen LogP contribution in [0.5, 0.6) is 0 Å². The third-order valence-electron chi connectivity index (χ3n) is 1.97. The van der Waals surface area contributed by atoms with Crippen molar-refractivity contribution in [1.29, 1.82) is 0 Å². The van der Waals surface area contributed by atoms with Crippen LogP contribution in [0.1, 0.15) is 11.5 Å². The molecule has 0 aliphatic carbocycles. The fraction of sp³-hybridized carbons (Fsp3) is 0.200. The minimum Gasteiger partial charge on any atom is -0.397 e. The highest BCUT2D eigenvalue weighted by Gasteiger charge is 2.04. The maximum atomic E-state index is 5.95. The first kappa shape index (κ1) is 10.8. The quantitative estimate of drug-likeness (QED) is 0.858. The summed E-state index contributed by atoms with van der Waals surface area (Å²) in [5, 5.41) is 7.30. The fourth-order valence-electron chi connectivity index (χ4n) is 1.25. The average molecular weight is 239 g/mol. The van der Waals surface area contributed by atoms with Crippen LogP contribution in [0.3, 0.4) is 0 Å².